The Kier molecular flexibility index (Phi) is 8.45. The van der Waals surface area contributed by atoms with E-state index in [9.17, 15) is 14.4 Å². The molecule has 176 valence electrons. The van der Waals surface area contributed by atoms with Crippen molar-refractivity contribution in [3.8, 4) is 23.0 Å². The van der Waals surface area contributed by atoms with Crippen molar-refractivity contribution in [3.05, 3.63) is 72.8 Å². The summed E-state index contributed by atoms with van der Waals surface area (Å²) < 4.78 is 21.2. The van der Waals surface area contributed by atoms with Crippen LogP contribution in [0.3, 0.4) is 0 Å². The van der Waals surface area contributed by atoms with Gasteiger partial charge in [0.2, 0.25) is 5.91 Å². The zero-order valence-electron chi connectivity index (χ0n) is 18.7. The van der Waals surface area contributed by atoms with Crippen LogP contribution in [0.2, 0.25) is 0 Å². The van der Waals surface area contributed by atoms with Crippen LogP contribution < -0.4 is 24.8 Å². The van der Waals surface area contributed by atoms with Crippen LogP contribution in [0.5, 0.6) is 23.0 Å². The van der Waals surface area contributed by atoms with Crippen molar-refractivity contribution < 1.29 is 33.3 Å². The second-order valence-electron chi connectivity index (χ2n) is 6.98. The molecule has 0 bridgehead atoms. The summed E-state index contributed by atoms with van der Waals surface area (Å²) in [7, 11) is 1.45. The van der Waals surface area contributed by atoms with E-state index in [1.165, 1.54) is 20.1 Å². The van der Waals surface area contributed by atoms with Crippen molar-refractivity contribution in [1.29, 1.82) is 0 Å². The third kappa shape index (κ3) is 7.56. The smallest absolute Gasteiger partial charge is 0.344 e. The molecule has 0 aliphatic carbocycles. The maximum Gasteiger partial charge on any atom is 0.344 e. The number of carbonyl (C=O) groups excluding carboxylic acids is 3. The molecule has 0 unspecified atom stereocenters. The van der Waals surface area contributed by atoms with E-state index < -0.39 is 18.5 Å². The van der Waals surface area contributed by atoms with Crippen LogP contribution in [0, 0.1) is 0 Å². The highest BCUT2D eigenvalue weighted by molar-refractivity contribution is 5.96. The Labute approximate surface area is 196 Å². The fourth-order valence-corrected chi connectivity index (χ4v) is 2.83. The fraction of sp³-hybridized carbons (Fsp3) is 0.160. The number of ether oxygens (including phenoxy) is 4. The first-order valence-electron chi connectivity index (χ1n) is 10.3. The lowest BCUT2D eigenvalue weighted by Crippen LogP contribution is -2.24. The Morgan fingerprint density at radius 3 is 2.15 bits per heavy atom. The highest BCUT2D eigenvalue weighted by Gasteiger charge is 2.12. The number of para-hydroxylation sites is 1. The number of methoxy groups -OCH3 is 1. The van der Waals surface area contributed by atoms with Crippen LogP contribution in [0.4, 0.5) is 11.4 Å². The van der Waals surface area contributed by atoms with Crippen molar-refractivity contribution in [2.45, 2.75) is 6.92 Å². The molecule has 0 aliphatic rings. The Balaban J connectivity index is 1.44. The van der Waals surface area contributed by atoms with Gasteiger partial charge >= 0.3 is 5.97 Å². The Morgan fingerprint density at radius 1 is 0.794 bits per heavy atom. The number of anilines is 2. The zero-order chi connectivity index (χ0) is 24.3. The van der Waals surface area contributed by atoms with Crippen LogP contribution in [-0.4, -0.2) is 38.1 Å². The third-order valence-electron chi connectivity index (χ3n) is 4.32. The first-order valence-corrected chi connectivity index (χ1v) is 10.3. The van der Waals surface area contributed by atoms with Gasteiger partial charge in [-0.1, -0.05) is 18.2 Å². The molecule has 34 heavy (non-hydrogen) atoms. The first-order chi connectivity index (χ1) is 16.4. The minimum atomic E-state index is -0.710. The summed E-state index contributed by atoms with van der Waals surface area (Å²) in [6, 6.07) is 20.8. The number of hydrogen-bond acceptors (Lipinski definition) is 7. The van der Waals surface area contributed by atoms with Gasteiger partial charge in [-0.3, -0.25) is 9.59 Å². The Morgan fingerprint density at radius 2 is 1.47 bits per heavy atom. The topological polar surface area (TPSA) is 112 Å². The lowest BCUT2D eigenvalue weighted by atomic mass is 10.2. The SMILES string of the molecule is COc1ccc(NC(C)=O)cc1NC(=O)COC(=O)COc1ccc(Oc2ccccc2)cc1. The maximum atomic E-state index is 12.2. The monoisotopic (exact) mass is 464 g/mol. The molecule has 9 heteroatoms. The fourth-order valence-electron chi connectivity index (χ4n) is 2.83. The standard InChI is InChI=1S/C25H24N2O7/c1-17(28)26-18-8-13-23(31-2)22(14-18)27-24(29)15-33-25(30)16-32-19-9-11-21(12-10-19)34-20-6-4-3-5-7-20/h3-14H,15-16H2,1-2H3,(H,26,28)(H,27,29). The molecule has 0 radical (unpaired) electrons. The quantitative estimate of drug-likeness (QED) is 0.436. The molecule has 0 aromatic heterocycles. The molecule has 3 rings (SSSR count). The summed E-state index contributed by atoms with van der Waals surface area (Å²) in [4.78, 5) is 35.4. The zero-order valence-corrected chi connectivity index (χ0v) is 18.7. The van der Waals surface area contributed by atoms with Gasteiger partial charge in [0, 0.05) is 12.6 Å². The summed E-state index contributed by atoms with van der Waals surface area (Å²) in [5.41, 5.74) is 0.804. The normalized spacial score (nSPS) is 10.1. The number of rotatable bonds is 10. The van der Waals surface area contributed by atoms with Crippen molar-refractivity contribution in [1.82, 2.24) is 0 Å². The van der Waals surface area contributed by atoms with E-state index in [1.807, 2.05) is 30.3 Å². The van der Waals surface area contributed by atoms with Crippen LogP contribution in [0.1, 0.15) is 6.92 Å². The average molecular weight is 464 g/mol. The van der Waals surface area contributed by atoms with Crippen molar-refractivity contribution in [2.24, 2.45) is 0 Å². The van der Waals surface area contributed by atoms with E-state index in [4.69, 9.17) is 18.9 Å². The molecular formula is C25H24N2O7. The molecule has 0 heterocycles. The van der Waals surface area contributed by atoms with Crippen molar-refractivity contribution in [3.63, 3.8) is 0 Å². The highest BCUT2D eigenvalue weighted by Crippen LogP contribution is 2.28. The minimum Gasteiger partial charge on any atom is -0.495 e. The van der Waals surface area contributed by atoms with E-state index in [-0.39, 0.29) is 12.5 Å². The molecule has 0 fully saturated rings. The molecule has 0 saturated heterocycles. The van der Waals surface area contributed by atoms with E-state index in [0.717, 1.165) is 0 Å². The van der Waals surface area contributed by atoms with Gasteiger partial charge in [0.15, 0.2) is 13.2 Å². The number of hydrogen-bond donors (Lipinski definition) is 2. The summed E-state index contributed by atoms with van der Waals surface area (Å²) >= 11 is 0. The van der Waals surface area contributed by atoms with Crippen LogP contribution in [-0.2, 0) is 19.1 Å². The number of benzene rings is 3. The van der Waals surface area contributed by atoms with E-state index in [0.29, 0.717) is 34.4 Å². The lowest BCUT2D eigenvalue weighted by molar-refractivity contribution is -0.149. The third-order valence-corrected chi connectivity index (χ3v) is 4.32. The summed E-state index contributed by atoms with van der Waals surface area (Å²) in [6.07, 6.45) is 0. The van der Waals surface area contributed by atoms with Gasteiger partial charge in [-0.2, -0.15) is 0 Å². The minimum absolute atomic E-state index is 0.255. The predicted octanol–water partition coefficient (Wildman–Crippen LogP) is 4.01. The van der Waals surface area contributed by atoms with Crippen molar-refractivity contribution >= 4 is 29.2 Å². The lowest BCUT2D eigenvalue weighted by Gasteiger charge is -2.13. The molecule has 3 aromatic carbocycles. The Hall–Kier alpha value is -4.53. The Bertz CT molecular complexity index is 1130. The van der Waals surface area contributed by atoms with Crippen LogP contribution in [0.25, 0.3) is 0 Å². The van der Waals surface area contributed by atoms with Gasteiger partial charge in [0.1, 0.15) is 23.0 Å². The average Bonchev–Trinajstić information content (AvgIpc) is 2.83. The molecule has 2 N–H and O–H groups in total. The van der Waals surface area contributed by atoms with Gasteiger partial charge in [0.25, 0.3) is 5.91 Å². The molecule has 0 saturated carbocycles. The molecular weight excluding hydrogens is 440 g/mol. The predicted molar refractivity (Wildman–Crippen MR) is 125 cm³/mol. The molecule has 2 amide bonds. The van der Waals surface area contributed by atoms with E-state index >= 15 is 0 Å². The van der Waals surface area contributed by atoms with Gasteiger partial charge in [-0.05, 0) is 54.6 Å². The first kappa shape index (κ1) is 24.1. The summed E-state index contributed by atoms with van der Waals surface area (Å²) in [6.45, 7) is 0.490. The van der Waals surface area contributed by atoms with Gasteiger partial charge in [0.05, 0.1) is 12.8 Å². The van der Waals surface area contributed by atoms with E-state index in [1.54, 1.807) is 36.4 Å². The maximum absolute atomic E-state index is 12.2. The van der Waals surface area contributed by atoms with Gasteiger partial charge in [-0.25, -0.2) is 4.79 Å². The van der Waals surface area contributed by atoms with Crippen LogP contribution in [0.15, 0.2) is 72.8 Å². The second kappa shape index (κ2) is 11.9. The van der Waals surface area contributed by atoms with E-state index in [2.05, 4.69) is 10.6 Å². The number of carbonyl (C=O) groups is 3. The highest BCUT2D eigenvalue weighted by atomic mass is 16.6. The van der Waals surface area contributed by atoms with Gasteiger partial charge < -0.3 is 29.6 Å². The summed E-state index contributed by atoms with van der Waals surface area (Å²) in [5.74, 6) is 0.619. The molecule has 0 spiro atoms. The summed E-state index contributed by atoms with van der Waals surface area (Å²) in [5, 5.41) is 5.20. The largest absolute Gasteiger partial charge is 0.495 e. The second-order valence-corrected chi connectivity index (χ2v) is 6.98. The molecule has 3 aromatic rings. The number of amides is 2. The number of esters is 1. The molecule has 9 nitrogen and oxygen atoms in total. The molecule has 0 atom stereocenters. The molecule has 0 aliphatic heterocycles. The van der Waals surface area contributed by atoms with Crippen molar-refractivity contribution in [2.75, 3.05) is 31.0 Å². The van der Waals surface area contributed by atoms with Crippen LogP contribution >= 0.6 is 0 Å². The number of nitrogens with one attached hydrogen (secondary N) is 2. The van der Waals surface area contributed by atoms with Gasteiger partial charge in [-0.15, -0.1) is 0 Å².